The maximum atomic E-state index is 12.8. The molecule has 0 saturated carbocycles. The molecule has 1 N–H and O–H groups in total. The van der Waals surface area contributed by atoms with Crippen LogP contribution in [0.5, 0.6) is 0 Å². The van der Waals surface area contributed by atoms with Crippen LogP contribution in [0.15, 0.2) is 33.9 Å². The van der Waals surface area contributed by atoms with Gasteiger partial charge in [-0.25, -0.2) is 19.2 Å². The minimum absolute atomic E-state index is 0.249. The van der Waals surface area contributed by atoms with Gasteiger partial charge in [0, 0.05) is 25.0 Å². The Hall–Kier alpha value is -2.54. The van der Waals surface area contributed by atoms with Gasteiger partial charge in [-0.2, -0.15) is 0 Å². The number of aromatic amines is 1. The number of hydrogen-bond donors (Lipinski definition) is 1. The second-order valence-electron chi connectivity index (χ2n) is 6.17. The molecule has 2 aromatic heterocycles. The van der Waals surface area contributed by atoms with Crippen LogP contribution in [0.4, 0.5) is 11.6 Å². The van der Waals surface area contributed by atoms with Crippen LogP contribution < -0.4 is 20.7 Å². The van der Waals surface area contributed by atoms with Crippen molar-refractivity contribution in [1.29, 1.82) is 0 Å². The molecule has 0 atom stereocenters. The number of benzene rings is 1. The lowest BCUT2D eigenvalue weighted by atomic mass is 10.2. The zero-order valence-corrected chi connectivity index (χ0v) is 14.9. The Labute approximate surface area is 148 Å². The van der Waals surface area contributed by atoms with E-state index in [1.807, 2.05) is 28.8 Å². The summed E-state index contributed by atoms with van der Waals surface area (Å²) in [6, 6.07) is 7.59. The highest BCUT2D eigenvalue weighted by Crippen LogP contribution is 2.27. The van der Waals surface area contributed by atoms with Crippen molar-refractivity contribution in [3.8, 4) is 0 Å². The summed E-state index contributed by atoms with van der Waals surface area (Å²) in [5.74, 6) is 0.810. The van der Waals surface area contributed by atoms with Gasteiger partial charge in [0.1, 0.15) is 5.69 Å². The molecule has 4 rings (SSSR count). The van der Waals surface area contributed by atoms with E-state index in [0.717, 1.165) is 31.1 Å². The first-order valence-electron chi connectivity index (χ1n) is 8.31. The molecule has 0 amide bonds. The average Bonchev–Trinajstić information content (AvgIpc) is 3.01. The van der Waals surface area contributed by atoms with Crippen molar-refractivity contribution in [2.45, 2.75) is 26.4 Å². The zero-order chi connectivity index (χ0) is 17.7. The number of aromatic nitrogens is 4. The van der Waals surface area contributed by atoms with Crippen molar-refractivity contribution >= 4 is 34.4 Å². The molecule has 0 saturated heterocycles. The lowest BCUT2D eigenvalue weighted by Crippen LogP contribution is -2.49. The highest BCUT2D eigenvalue weighted by molar-refractivity contribution is 6.30. The fraction of sp³-hybridized carbons (Fsp3) is 0.353. The monoisotopic (exact) mass is 360 g/mol. The van der Waals surface area contributed by atoms with E-state index < -0.39 is 0 Å². The summed E-state index contributed by atoms with van der Waals surface area (Å²) in [6.07, 6.45) is 0.904. The molecule has 3 aromatic rings. The van der Waals surface area contributed by atoms with Gasteiger partial charge in [-0.05, 0) is 31.2 Å². The predicted molar refractivity (Wildman–Crippen MR) is 96.7 cm³/mol. The summed E-state index contributed by atoms with van der Waals surface area (Å²) in [5.41, 5.74) is 1.52. The molecule has 0 radical (unpaired) electrons. The predicted octanol–water partition coefficient (Wildman–Crippen LogP) is 1.53. The van der Waals surface area contributed by atoms with Crippen LogP contribution in [0.25, 0.3) is 11.2 Å². The number of halogens is 1. The lowest BCUT2D eigenvalue weighted by molar-refractivity contribution is -0.663. The molecular formula is C17H19ClN5O2+. The van der Waals surface area contributed by atoms with Gasteiger partial charge in [0.05, 0.1) is 13.1 Å². The van der Waals surface area contributed by atoms with E-state index in [1.54, 1.807) is 14.0 Å². The Kier molecular flexibility index (Phi) is 3.68. The first-order chi connectivity index (χ1) is 12.0. The Bertz CT molecular complexity index is 1080. The largest absolute Gasteiger partial charge is 0.364 e. The Morgan fingerprint density at radius 1 is 1.24 bits per heavy atom. The van der Waals surface area contributed by atoms with Crippen molar-refractivity contribution in [3.05, 3.63) is 50.1 Å². The van der Waals surface area contributed by atoms with Crippen molar-refractivity contribution in [2.24, 2.45) is 7.05 Å². The van der Waals surface area contributed by atoms with E-state index in [4.69, 9.17) is 11.6 Å². The van der Waals surface area contributed by atoms with Crippen molar-refractivity contribution < 1.29 is 4.57 Å². The molecule has 0 spiro atoms. The summed E-state index contributed by atoms with van der Waals surface area (Å²) in [6.45, 7) is 3.71. The van der Waals surface area contributed by atoms with E-state index >= 15 is 0 Å². The molecule has 130 valence electrons. The highest BCUT2D eigenvalue weighted by atomic mass is 35.5. The third-order valence-corrected chi connectivity index (χ3v) is 5.01. The van der Waals surface area contributed by atoms with Crippen LogP contribution in [0.2, 0.25) is 5.02 Å². The van der Waals surface area contributed by atoms with Crippen LogP contribution in [-0.2, 0) is 20.1 Å². The maximum Gasteiger partial charge on any atom is 0.364 e. The van der Waals surface area contributed by atoms with E-state index in [-0.39, 0.29) is 11.2 Å². The number of rotatable bonds is 2. The summed E-state index contributed by atoms with van der Waals surface area (Å²) in [7, 11) is 1.69. The van der Waals surface area contributed by atoms with E-state index in [1.165, 1.54) is 9.13 Å². The fourth-order valence-electron chi connectivity index (χ4n) is 3.49. The summed E-state index contributed by atoms with van der Waals surface area (Å²) in [5, 5.41) is 0.679. The minimum Gasteiger partial charge on any atom is -0.267 e. The molecule has 8 heteroatoms. The van der Waals surface area contributed by atoms with Crippen molar-refractivity contribution in [2.75, 3.05) is 11.4 Å². The van der Waals surface area contributed by atoms with Gasteiger partial charge >= 0.3 is 11.6 Å². The Balaban J connectivity index is 2.01. The van der Waals surface area contributed by atoms with Gasteiger partial charge < -0.3 is 0 Å². The first kappa shape index (κ1) is 16.0. The van der Waals surface area contributed by atoms with Gasteiger partial charge in [-0.1, -0.05) is 11.6 Å². The number of imidazole rings is 1. The molecule has 7 nitrogen and oxygen atoms in total. The standard InChI is InChI=1S/C17H18ClN5O2/c1-3-21-15(24)13-14(20(2)17(21)25)19-16-22(9-4-10-23(13)16)12-7-5-11(18)6-8-12/h5-8H,3-4,9-10H2,1-2H3/p+1. The second kappa shape index (κ2) is 5.77. The lowest BCUT2D eigenvalue weighted by Gasteiger charge is -2.22. The summed E-state index contributed by atoms with van der Waals surface area (Å²) >= 11 is 5.99. The van der Waals surface area contributed by atoms with Crippen LogP contribution in [0.3, 0.4) is 0 Å². The molecule has 1 aromatic carbocycles. The van der Waals surface area contributed by atoms with Gasteiger partial charge in [-0.15, -0.1) is 0 Å². The van der Waals surface area contributed by atoms with Gasteiger partial charge in [-0.3, -0.25) is 13.9 Å². The molecule has 25 heavy (non-hydrogen) atoms. The van der Waals surface area contributed by atoms with Gasteiger partial charge in [0.2, 0.25) is 11.2 Å². The smallest absolute Gasteiger partial charge is 0.267 e. The topological polar surface area (TPSA) is 66.9 Å². The molecule has 0 fully saturated rings. The average molecular weight is 361 g/mol. The van der Waals surface area contributed by atoms with Gasteiger partial charge in [0.15, 0.2) is 0 Å². The number of hydrogen-bond acceptors (Lipinski definition) is 3. The molecule has 1 aliphatic rings. The summed E-state index contributed by atoms with van der Waals surface area (Å²) < 4.78 is 4.75. The Morgan fingerprint density at radius 3 is 2.64 bits per heavy atom. The van der Waals surface area contributed by atoms with Crippen molar-refractivity contribution in [3.63, 3.8) is 0 Å². The van der Waals surface area contributed by atoms with Crippen molar-refractivity contribution in [1.82, 2.24) is 14.1 Å². The highest BCUT2D eigenvalue weighted by Gasteiger charge is 2.32. The van der Waals surface area contributed by atoms with Crippen LogP contribution in [0, 0.1) is 0 Å². The van der Waals surface area contributed by atoms with E-state index in [9.17, 15) is 9.59 Å². The third kappa shape index (κ3) is 2.30. The SMILES string of the molecule is CCn1c(=O)c2c([nH]c3[n+]2CCCN3c2ccc(Cl)cc2)n(C)c1=O. The van der Waals surface area contributed by atoms with E-state index in [0.29, 0.717) is 22.7 Å². The normalized spacial score (nSPS) is 14.1. The zero-order valence-electron chi connectivity index (χ0n) is 14.1. The maximum absolute atomic E-state index is 12.8. The molecule has 0 bridgehead atoms. The minimum atomic E-state index is -0.308. The molecular weight excluding hydrogens is 342 g/mol. The first-order valence-corrected chi connectivity index (χ1v) is 8.69. The molecule has 1 aliphatic heterocycles. The number of aryl methyl sites for hydroxylation is 2. The fourth-order valence-corrected chi connectivity index (χ4v) is 3.62. The third-order valence-electron chi connectivity index (χ3n) is 4.75. The van der Waals surface area contributed by atoms with Crippen LogP contribution in [-0.4, -0.2) is 20.7 Å². The summed E-state index contributed by atoms with van der Waals surface area (Å²) in [4.78, 5) is 30.6. The van der Waals surface area contributed by atoms with E-state index in [2.05, 4.69) is 9.88 Å². The molecule has 3 heterocycles. The van der Waals surface area contributed by atoms with Crippen LogP contribution >= 0.6 is 11.6 Å². The molecule has 0 unspecified atom stereocenters. The number of nitrogens with one attached hydrogen (secondary N) is 1. The number of H-pyrrole nitrogens is 1. The quantitative estimate of drug-likeness (QED) is 0.705. The van der Waals surface area contributed by atoms with Gasteiger partial charge in [0.25, 0.3) is 5.56 Å². The number of fused-ring (bicyclic) bond motifs is 3. The second-order valence-corrected chi connectivity index (χ2v) is 6.61. The Morgan fingerprint density at radius 2 is 1.96 bits per heavy atom. The number of nitrogens with zero attached hydrogens (tertiary/aromatic N) is 4. The number of anilines is 2. The molecule has 0 aliphatic carbocycles. The van der Waals surface area contributed by atoms with Crippen LogP contribution in [0.1, 0.15) is 13.3 Å².